The van der Waals surface area contributed by atoms with Gasteiger partial charge in [-0.2, -0.15) is 5.10 Å². The Labute approximate surface area is 148 Å². The lowest BCUT2D eigenvalue weighted by molar-refractivity contribution is -0.0181. The number of hydrogen-bond acceptors (Lipinski definition) is 3. The van der Waals surface area contributed by atoms with E-state index < -0.39 is 0 Å². The number of morpholine rings is 1. The van der Waals surface area contributed by atoms with E-state index >= 15 is 0 Å². The second kappa shape index (κ2) is 8.16. The molecular weight excluding hydrogens is 316 g/mol. The van der Waals surface area contributed by atoms with Crippen molar-refractivity contribution in [2.24, 2.45) is 7.05 Å². The highest BCUT2D eigenvalue weighted by atomic mass is 16.5. The Morgan fingerprint density at radius 3 is 2.92 bits per heavy atom. The van der Waals surface area contributed by atoms with Gasteiger partial charge in [0.05, 0.1) is 18.4 Å². The molecule has 0 aliphatic carbocycles. The molecule has 1 N–H and O–H groups in total. The third-order valence-corrected chi connectivity index (χ3v) is 4.42. The Kier molecular flexibility index (Phi) is 5.71. The first-order valence-corrected chi connectivity index (χ1v) is 8.89. The van der Waals surface area contributed by atoms with Crippen molar-refractivity contribution in [3.63, 3.8) is 0 Å². The molecule has 6 heteroatoms. The number of nitrogens with one attached hydrogen (secondary N) is 1. The minimum Gasteiger partial charge on any atom is -0.375 e. The second-order valence-electron chi connectivity index (χ2n) is 6.43. The molecule has 3 rings (SSSR count). The molecule has 2 amide bonds. The van der Waals surface area contributed by atoms with Crippen LogP contribution in [0.3, 0.4) is 0 Å². The van der Waals surface area contributed by atoms with Gasteiger partial charge in [-0.1, -0.05) is 43.7 Å². The van der Waals surface area contributed by atoms with Gasteiger partial charge in [-0.15, -0.1) is 0 Å². The van der Waals surface area contributed by atoms with E-state index in [1.54, 1.807) is 4.68 Å². The number of hydrogen-bond donors (Lipinski definition) is 1. The van der Waals surface area contributed by atoms with Crippen molar-refractivity contribution < 1.29 is 9.53 Å². The normalized spacial score (nSPS) is 17.5. The number of amides is 2. The van der Waals surface area contributed by atoms with E-state index in [1.165, 1.54) is 0 Å². The Morgan fingerprint density at radius 2 is 2.16 bits per heavy atom. The largest absolute Gasteiger partial charge is 0.375 e. The zero-order valence-corrected chi connectivity index (χ0v) is 14.9. The average Bonchev–Trinajstić information content (AvgIpc) is 3.02. The highest BCUT2D eigenvalue weighted by Crippen LogP contribution is 2.21. The van der Waals surface area contributed by atoms with E-state index in [2.05, 4.69) is 17.3 Å². The van der Waals surface area contributed by atoms with Gasteiger partial charge in [-0.05, 0) is 6.42 Å². The summed E-state index contributed by atoms with van der Waals surface area (Å²) in [6.45, 7) is 4.52. The summed E-state index contributed by atoms with van der Waals surface area (Å²) in [5.41, 5.74) is 2.98. The van der Waals surface area contributed by atoms with Gasteiger partial charge in [-0.25, -0.2) is 4.79 Å². The molecule has 134 valence electrons. The highest BCUT2D eigenvalue weighted by Gasteiger charge is 2.23. The fraction of sp³-hybridized carbons (Fsp3) is 0.474. The van der Waals surface area contributed by atoms with Gasteiger partial charge in [0.2, 0.25) is 0 Å². The third-order valence-electron chi connectivity index (χ3n) is 4.42. The lowest BCUT2D eigenvalue weighted by Crippen LogP contribution is -2.49. The lowest BCUT2D eigenvalue weighted by atomic mass is 10.1. The Hall–Kier alpha value is -2.34. The molecule has 1 saturated heterocycles. The first-order valence-electron chi connectivity index (χ1n) is 8.89. The SMILES string of the molecule is CCC[C@@H]1CN(C(=O)NCc2cn(C)nc2-c2ccccc2)CCO1. The zero-order valence-electron chi connectivity index (χ0n) is 14.9. The standard InChI is InChI=1S/C19H26N4O2/c1-3-7-17-14-23(10-11-25-17)19(24)20-12-16-13-22(2)21-18(16)15-8-5-4-6-9-15/h4-6,8-9,13,17H,3,7,10-12,14H2,1-2H3,(H,20,24)/t17-/m1/s1. The first kappa shape index (κ1) is 17.5. The van der Waals surface area contributed by atoms with Crippen LogP contribution in [0, 0.1) is 0 Å². The van der Waals surface area contributed by atoms with Gasteiger partial charge in [0.1, 0.15) is 0 Å². The molecule has 1 aromatic carbocycles. The van der Waals surface area contributed by atoms with Crippen LogP contribution in [0.4, 0.5) is 4.79 Å². The van der Waals surface area contributed by atoms with Crippen molar-refractivity contribution >= 4 is 6.03 Å². The van der Waals surface area contributed by atoms with Gasteiger partial charge in [-0.3, -0.25) is 4.68 Å². The summed E-state index contributed by atoms with van der Waals surface area (Å²) in [5, 5.41) is 7.57. The van der Waals surface area contributed by atoms with Crippen molar-refractivity contribution in [2.45, 2.75) is 32.4 Å². The van der Waals surface area contributed by atoms with Crippen molar-refractivity contribution in [1.29, 1.82) is 0 Å². The molecule has 25 heavy (non-hydrogen) atoms. The monoisotopic (exact) mass is 342 g/mol. The van der Waals surface area contributed by atoms with Crippen LogP contribution in [0.25, 0.3) is 11.3 Å². The fourth-order valence-electron chi connectivity index (χ4n) is 3.19. The van der Waals surface area contributed by atoms with Gasteiger partial charge < -0.3 is 15.0 Å². The summed E-state index contributed by atoms with van der Waals surface area (Å²) in [7, 11) is 1.90. The first-order chi connectivity index (χ1) is 12.2. The maximum Gasteiger partial charge on any atom is 0.317 e. The van der Waals surface area contributed by atoms with Crippen molar-refractivity contribution in [3.8, 4) is 11.3 Å². The third kappa shape index (κ3) is 4.39. The molecule has 0 unspecified atom stereocenters. The predicted molar refractivity (Wildman–Crippen MR) is 97.1 cm³/mol. The molecular formula is C19H26N4O2. The number of aryl methyl sites for hydroxylation is 1. The number of carbonyl (C=O) groups is 1. The van der Waals surface area contributed by atoms with E-state index in [4.69, 9.17) is 4.74 Å². The number of rotatable bonds is 5. The second-order valence-corrected chi connectivity index (χ2v) is 6.43. The van der Waals surface area contributed by atoms with Crippen LogP contribution in [0.5, 0.6) is 0 Å². The number of nitrogens with zero attached hydrogens (tertiary/aromatic N) is 3. The predicted octanol–water partition coefficient (Wildman–Crippen LogP) is 2.80. The van der Waals surface area contributed by atoms with Crippen LogP contribution in [-0.2, 0) is 18.3 Å². The highest BCUT2D eigenvalue weighted by molar-refractivity contribution is 5.74. The number of urea groups is 1. The van der Waals surface area contributed by atoms with E-state index in [-0.39, 0.29) is 12.1 Å². The molecule has 0 bridgehead atoms. The van der Waals surface area contributed by atoms with E-state index in [1.807, 2.05) is 48.5 Å². The molecule has 6 nitrogen and oxygen atoms in total. The fourth-order valence-corrected chi connectivity index (χ4v) is 3.19. The van der Waals surface area contributed by atoms with Crippen LogP contribution in [0.1, 0.15) is 25.3 Å². The molecule has 1 aliphatic heterocycles. The Morgan fingerprint density at radius 1 is 1.36 bits per heavy atom. The van der Waals surface area contributed by atoms with Crippen LogP contribution >= 0.6 is 0 Å². The summed E-state index contributed by atoms with van der Waals surface area (Å²) < 4.78 is 7.49. The number of ether oxygens (including phenoxy) is 1. The number of aromatic nitrogens is 2. The Balaban J connectivity index is 1.63. The molecule has 2 heterocycles. The van der Waals surface area contributed by atoms with Crippen molar-refractivity contribution in [2.75, 3.05) is 19.7 Å². The van der Waals surface area contributed by atoms with Gasteiger partial charge in [0.15, 0.2) is 0 Å². The van der Waals surface area contributed by atoms with E-state index in [9.17, 15) is 4.79 Å². The lowest BCUT2D eigenvalue weighted by Gasteiger charge is -2.32. The summed E-state index contributed by atoms with van der Waals surface area (Å²) in [5.74, 6) is 0. The van der Waals surface area contributed by atoms with E-state index in [0.29, 0.717) is 26.2 Å². The topological polar surface area (TPSA) is 59.4 Å². The number of carbonyl (C=O) groups excluding carboxylic acids is 1. The van der Waals surface area contributed by atoms with E-state index in [0.717, 1.165) is 29.7 Å². The summed E-state index contributed by atoms with van der Waals surface area (Å²) >= 11 is 0. The molecule has 2 aromatic rings. The van der Waals surface area contributed by atoms with Crippen LogP contribution in [0.2, 0.25) is 0 Å². The summed E-state index contributed by atoms with van der Waals surface area (Å²) in [4.78, 5) is 14.4. The molecule has 0 spiro atoms. The minimum absolute atomic E-state index is 0.0349. The summed E-state index contributed by atoms with van der Waals surface area (Å²) in [6, 6.07) is 10.0. The van der Waals surface area contributed by atoms with Crippen LogP contribution < -0.4 is 5.32 Å². The van der Waals surface area contributed by atoms with Crippen LogP contribution in [-0.4, -0.2) is 46.5 Å². The molecule has 1 aliphatic rings. The average molecular weight is 342 g/mol. The van der Waals surface area contributed by atoms with Gasteiger partial charge in [0, 0.05) is 44.0 Å². The minimum atomic E-state index is -0.0349. The van der Waals surface area contributed by atoms with Crippen LogP contribution in [0.15, 0.2) is 36.5 Å². The molecule has 0 radical (unpaired) electrons. The number of benzene rings is 1. The molecule has 1 fully saturated rings. The van der Waals surface area contributed by atoms with Gasteiger partial charge >= 0.3 is 6.03 Å². The quantitative estimate of drug-likeness (QED) is 0.909. The smallest absolute Gasteiger partial charge is 0.317 e. The molecule has 1 atom stereocenters. The maximum atomic E-state index is 12.5. The van der Waals surface area contributed by atoms with Crippen molar-refractivity contribution in [3.05, 3.63) is 42.1 Å². The molecule has 1 aromatic heterocycles. The molecule has 0 saturated carbocycles. The maximum absolute atomic E-state index is 12.5. The summed E-state index contributed by atoms with van der Waals surface area (Å²) in [6.07, 6.45) is 4.17. The Bertz CT molecular complexity index is 697. The van der Waals surface area contributed by atoms with Crippen molar-refractivity contribution in [1.82, 2.24) is 20.0 Å². The van der Waals surface area contributed by atoms with Gasteiger partial charge in [0.25, 0.3) is 0 Å². The zero-order chi connectivity index (χ0) is 17.6.